The summed E-state index contributed by atoms with van der Waals surface area (Å²) in [6.45, 7) is 0. The van der Waals surface area contributed by atoms with Crippen LogP contribution in [0.5, 0.6) is 0 Å². The van der Waals surface area contributed by atoms with E-state index in [2.05, 4.69) is 115 Å². The molecule has 0 spiro atoms. The van der Waals surface area contributed by atoms with E-state index >= 15 is 0 Å². The average Bonchev–Trinajstić information content (AvgIpc) is 3.94. The van der Waals surface area contributed by atoms with Crippen molar-refractivity contribution >= 4 is 108 Å². The van der Waals surface area contributed by atoms with Crippen LogP contribution in [-0.2, 0) is 0 Å². The number of benzene rings is 8. The van der Waals surface area contributed by atoms with Crippen LogP contribution in [0.3, 0.4) is 0 Å². The minimum Gasteiger partial charge on any atom is -0.463 e. The number of hydrogen-bond donors (Lipinski definition) is 0. The van der Waals surface area contributed by atoms with Gasteiger partial charge in [-0.1, -0.05) is 91.0 Å². The topological polar surface area (TPSA) is 39.4 Å². The molecular formula is C46H24O3S. The summed E-state index contributed by atoms with van der Waals surface area (Å²) in [5.74, 6) is 0. The third-order valence-corrected chi connectivity index (χ3v) is 11.7. The summed E-state index contributed by atoms with van der Waals surface area (Å²) in [7, 11) is 0. The van der Waals surface area contributed by atoms with Gasteiger partial charge in [-0.05, 0) is 92.3 Å². The Hall–Kier alpha value is -6.36. The van der Waals surface area contributed by atoms with Crippen molar-refractivity contribution in [2.75, 3.05) is 0 Å². The van der Waals surface area contributed by atoms with Crippen molar-refractivity contribution in [3.63, 3.8) is 0 Å². The molecule has 4 heterocycles. The van der Waals surface area contributed by atoms with Crippen LogP contribution in [0.25, 0.3) is 119 Å². The molecule has 0 saturated carbocycles. The van der Waals surface area contributed by atoms with Crippen LogP contribution in [-0.4, -0.2) is 0 Å². The maximum Gasteiger partial charge on any atom is 0.151 e. The summed E-state index contributed by atoms with van der Waals surface area (Å²) in [6.07, 6.45) is 1.78. The summed E-state index contributed by atoms with van der Waals surface area (Å²) in [6, 6.07) is 50.1. The van der Waals surface area contributed by atoms with Crippen molar-refractivity contribution in [3.05, 3.63) is 146 Å². The molecule has 0 saturated heterocycles. The molecule has 232 valence electrons. The molecule has 0 unspecified atom stereocenters. The van der Waals surface area contributed by atoms with Crippen LogP contribution in [0.15, 0.2) is 159 Å². The minimum absolute atomic E-state index is 0.866. The molecular weight excluding hydrogens is 633 g/mol. The van der Waals surface area contributed by atoms with Crippen LogP contribution in [0.2, 0.25) is 0 Å². The predicted molar refractivity (Wildman–Crippen MR) is 210 cm³/mol. The molecule has 50 heavy (non-hydrogen) atoms. The fourth-order valence-electron chi connectivity index (χ4n) is 8.31. The highest BCUT2D eigenvalue weighted by Crippen LogP contribution is 2.47. The molecule has 4 aromatic heterocycles. The van der Waals surface area contributed by atoms with Crippen molar-refractivity contribution in [2.24, 2.45) is 0 Å². The molecule has 0 aliphatic rings. The van der Waals surface area contributed by atoms with E-state index in [1.54, 1.807) is 17.6 Å². The van der Waals surface area contributed by atoms with Gasteiger partial charge in [-0.15, -0.1) is 11.3 Å². The van der Waals surface area contributed by atoms with Gasteiger partial charge in [-0.3, -0.25) is 0 Å². The highest BCUT2D eigenvalue weighted by molar-refractivity contribution is 7.26. The molecule has 0 N–H and O–H groups in total. The molecule has 0 bridgehead atoms. The second kappa shape index (κ2) is 9.63. The number of fused-ring (bicyclic) bond motifs is 13. The second-order valence-electron chi connectivity index (χ2n) is 13.2. The van der Waals surface area contributed by atoms with E-state index in [9.17, 15) is 0 Å². The lowest BCUT2D eigenvalue weighted by Gasteiger charge is -2.18. The normalized spacial score (nSPS) is 12.4. The van der Waals surface area contributed by atoms with Crippen LogP contribution < -0.4 is 0 Å². The highest BCUT2D eigenvalue weighted by Gasteiger charge is 2.20. The first-order chi connectivity index (χ1) is 24.8. The molecule has 3 nitrogen and oxygen atoms in total. The molecule has 0 aliphatic heterocycles. The first-order valence-corrected chi connectivity index (χ1v) is 17.6. The molecule has 0 amide bonds. The molecule has 0 fully saturated rings. The van der Waals surface area contributed by atoms with E-state index in [1.165, 1.54) is 58.4 Å². The molecule has 12 rings (SSSR count). The number of thiophene rings is 1. The zero-order valence-corrected chi connectivity index (χ0v) is 27.3. The van der Waals surface area contributed by atoms with E-state index in [1.807, 2.05) is 24.3 Å². The van der Waals surface area contributed by atoms with E-state index < -0.39 is 0 Å². The Bertz CT molecular complexity index is 3330. The smallest absolute Gasteiger partial charge is 0.151 e. The van der Waals surface area contributed by atoms with Gasteiger partial charge in [-0.2, -0.15) is 0 Å². The largest absolute Gasteiger partial charge is 0.463 e. The zero-order valence-electron chi connectivity index (χ0n) is 26.5. The third kappa shape index (κ3) is 3.53. The summed E-state index contributed by atoms with van der Waals surface area (Å²) < 4.78 is 21.2. The number of furan rings is 3. The fraction of sp³-hybridized carbons (Fsp3) is 0. The zero-order chi connectivity index (χ0) is 32.5. The Morgan fingerprint density at radius 2 is 0.940 bits per heavy atom. The van der Waals surface area contributed by atoms with Gasteiger partial charge in [0, 0.05) is 42.4 Å². The van der Waals surface area contributed by atoms with Gasteiger partial charge in [0.05, 0.1) is 11.0 Å². The van der Waals surface area contributed by atoms with Crippen LogP contribution in [0.1, 0.15) is 0 Å². The molecule has 8 aromatic carbocycles. The number of hydrogen-bond acceptors (Lipinski definition) is 4. The summed E-state index contributed by atoms with van der Waals surface area (Å²) in [4.78, 5) is 0. The van der Waals surface area contributed by atoms with Gasteiger partial charge in [0.1, 0.15) is 22.3 Å². The Labute approximate surface area is 288 Å². The standard InChI is InChI=1S/C46H24O3S/c1-3-10-32-30(8-1)43(26-15-18-42-37(21-26)34-17-13-25-19-20-47-45(25)46(34)50-42)31-9-2-4-11-33(31)44(32)27-14-16-29-36-24-40-35(23-41(36)49-39(29)22-27)28-7-5-6-12-38(28)48-40/h1-24H. The van der Waals surface area contributed by atoms with Crippen molar-refractivity contribution in [1.29, 1.82) is 0 Å². The van der Waals surface area contributed by atoms with Crippen molar-refractivity contribution < 1.29 is 13.3 Å². The predicted octanol–water partition coefficient (Wildman–Crippen LogP) is 14.2. The Kier molecular flexibility index (Phi) is 5.12. The summed E-state index contributed by atoms with van der Waals surface area (Å²) in [5, 5.41) is 12.8. The van der Waals surface area contributed by atoms with E-state index in [0.29, 0.717) is 0 Å². The minimum atomic E-state index is 0.866. The van der Waals surface area contributed by atoms with Gasteiger partial charge in [0.25, 0.3) is 0 Å². The fourth-order valence-corrected chi connectivity index (χ4v) is 9.50. The van der Waals surface area contributed by atoms with Crippen LogP contribution >= 0.6 is 11.3 Å². The number of rotatable bonds is 2. The number of para-hydroxylation sites is 1. The maximum atomic E-state index is 6.60. The van der Waals surface area contributed by atoms with Crippen molar-refractivity contribution in [1.82, 2.24) is 0 Å². The van der Waals surface area contributed by atoms with Crippen molar-refractivity contribution in [2.45, 2.75) is 0 Å². The SMILES string of the molecule is c1ccc2c(c1)oc1cc3c(cc12)oc1cc(-c2c4ccccc4c(-c4ccc5sc6c(ccc7ccoc76)c5c4)c4ccccc24)ccc13. The quantitative estimate of drug-likeness (QED) is 0.174. The summed E-state index contributed by atoms with van der Waals surface area (Å²) in [5.41, 5.74) is 9.27. The molecule has 12 aromatic rings. The van der Waals surface area contributed by atoms with Gasteiger partial charge in [-0.25, -0.2) is 0 Å². The lowest BCUT2D eigenvalue weighted by Crippen LogP contribution is -1.90. The first kappa shape index (κ1) is 26.6. The molecule has 0 radical (unpaired) electrons. The van der Waals surface area contributed by atoms with Crippen LogP contribution in [0, 0.1) is 0 Å². The molecule has 0 atom stereocenters. The van der Waals surface area contributed by atoms with Gasteiger partial charge < -0.3 is 13.3 Å². The van der Waals surface area contributed by atoms with E-state index in [-0.39, 0.29) is 0 Å². The lowest BCUT2D eigenvalue weighted by molar-refractivity contribution is 0.619. The van der Waals surface area contributed by atoms with Gasteiger partial charge >= 0.3 is 0 Å². The van der Waals surface area contributed by atoms with Gasteiger partial charge in [0.2, 0.25) is 0 Å². The van der Waals surface area contributed by atoms with Crippen molar-refractivity contribution in [3.8, 4) is 22.3 Å². The van der Waals surface area contributed by atoms with Crippen LogP contribution in [0.4, 0.5) is 0 Å². The third-order valence-electron chi connectivity index (χ3n) is 10.5. The summed E-state index contributed by atoms with van der Waals surface area (Å²) >= 11 is 1.80. The second-order valence-corrected chi connectivity index (χ2v) is 14.2. The highest BCUT2D eigenvalue weighted by atomic mass is 32.1. The van der Waals surface area contributed by atoms with E-state index in [0.717, 1.165) is 60.4 Å². The maximum absolute atomic E-state index is 6.60. The Morgan fingerprint density at radius 3 is 1.66 bits per heavy atom. The van der Waals surface area contributed by atoms with Gasteiger partial charge in [0.15, 0.2) is 5.58 Å². The first-order valence-electron chi connectivity index (χ1n) is 16.8. The monoisotopic (exact) mass is 656 g/mol. The Balaban J connectivity index is 1.10. The van der Waals surface area contributed by atoms with E-state index in [4.69, 9.17) is 13.3 Å². The lowest BCUT2D eigenvalue weighted by atomic mass is 9.85. The molecule has 0 aliphatic carbocycles. The Morgan fingerprint density at radius 1 is 0.380 bits per heavy atom. The average molecular weight is 657 g/mol. The molecule has 4 heteroatoms.